The quantitative estimate of drug-likeness (QED) is 0.365. The van der Waals surface area contributed by atoms with Crippen LogP contribution in [0.25, 0.3) is 0 Å². The first-order chi connectivity index (χ1) is 14.5. The van der Waals surface area contributed by atoms with E-state index in [0.29, 0.717) is 12.8 Å². The Kier molecular flexibility index (Phi) is 7.11. The lowest BCUT2D eigenvalue weighted by Gasteiger charge is -2.34. The number of non-ortho nitro benzene ring substituents is 1. The molecule has 1 saturated carbocycles. The van der Waals surface area contributed by atoms with E-state index in [9.17, 15) is 24.1 Å². The maximum atomic E-state index is 13.2. The highest BCUT2D eigenvalue weighted by Crippen LogP contribution is 2.26. The summed E-state index contributed by atoms with van der Waals surface area (Å²) >= 11 is 0. The van der Waals surface area contributed by atoms with Crippen LogP contribution in [0.2, 0.25) is 0 Å². The van der Waals surface area contributed by atoms with E-state index < -0.39 is 4.92 Å². The first-order valence-corrected chi connectivity index (χ1v) is 9.88. The van der Waals surface area contributed by atoms with Gasteiger partial charge in [-0.05, 0) is 36.6 Å². The van der Waals surface area contributed by atoms with Crippen LogP contribution in [0.3, 0.4) is 0 Å². The average Bonchev–Trinajstić information content (AvgIpc) is 2.77. The summed E-state index contributed by atoms with van der Waals surface area (Å²) in [6, 6.07) is 9.77. The van der Waals surface area contributed by atoms with Crippen LogP contribution in [0.1, 0.15) is 48.0 Å². The lowest BCUT2D eigenvalue weighted by Crippen LogP contribution is -2.43. The SMILES string of the molecule is O=Cc1cc([N+](=O)[O-])ccc1OCC(=O)N(Cc1ccc(F)cc1)C1CCCCC1. The van der Waals surface area contributed by atoms with Crippen molar-refractivity contribution in [1.29, 1.82) is 0 Å². The summed E-state index contributed by atoms with van der Waals surface area (Å²) in [5.74, 6) is -0.465. The molecule has 0 radical (unpaired) electrons. The van der Waals surface area contributed by atoms with Gasteiger partial charge in [0.15, 0.2) is 12.9 Å². The Morgan fingerprint density at radius 3 is 2.50 bits per heavy atom. The summed E-state index contributed by atoms with van der Waals surface area (Å²) in [6.45, 7) is 0.0459. The highest BCUT2D eigenvalue weighted by molar-refractivity contribution is 5.82. The van der Waals surface area contributed by atoms with Crippen molar-refractivity contribution in [3.05, 3.63) is 69.5 Å². The minimum atomic E-state index is -0.602. The van der Waals surface area contributed by atoms with E-state index >= 15 is 0 Å². The van der Waals surface area contributed by atoms with Gasteiger partial charge in [0.25, 0.3) is 11.6 Å². The Morgan fingerprint density at radius 2 is 1.87 bits per heavy atom. The van der Waals surface area contributed by atoms with E-state index in [0.717, 1.165) is 43.7 Å². The Morgan fingerprint density at radius 1 is 1.17 bits per heavy atom. The molecule has 0 N–H and O–H groups in total. The summed E-state index contributed by atoms with van der Waals surface area (Å²) < 4.78 is 18.8. The molecular formula is C22H23FN2O5. The number of carbonyl (C=O) groups excluding carboxylic acids is 2. The number of hydrogen-bond acceptors (Lipinski definition) is 5. The number of amides is 1. The number of aldehydes is 1. The predicted octanol–water partition coefficient (Wildman–Crippen LogP) is 4.29. The van der Waals surface area contributed by atoms with Crippen molar-refractivity contribution >= 4 is 17.9 Å². The molecule has 0 aliphatic heterocycles. The van der Waals surface area contributed by atoms with Gasteiger partial charge in [0.1, 0.15) is 11.6 Å². The molecule has 0 spiro atoms. The molecule has 1 fully saturated rings. The number of halogens is 1. The number of benzene rings is 2. The number of nitro benzene ring substituents is 1. The van der Waals surface area contributed by atoms with Crippen LogP contribution in [-0.2, 0) is 11.3 Å². The minimum absolute atomic E-state index is 0.0137. The van der Waals surface area contributed by atoms with Crippen LogP contribution < -0.4 is 4.74 Å². The highest BCUT2D eigenvalue weighted by atomic mass is 19.1. The van der Waals surface area contributed by atoms with Crippen molar-refractivity contribution in [2.45, 2.75) is 44.7 Å². The topological polar surface area (TPSA) is 89.7 Å². The van der Waals surface area contributed by atoms with Crippen LogP contribution in [-0.4, -0.2) is 34.7 Å². The summed E-state index contributed by atoms with van der Waals surface area (Å²) in [5, 5.41) is 10.9. The number of carbonyl (C=O) groups is 2. The van der Waals surface area contributed by atoms with Gasteiger partial charge in [0.2, 0.25) is 0 Å². The van der Waals surface area contributed by atoms with Crippen molar-refractivity contribution < 1.29 is 23.6 Å². The molecule has 158 valence electrons. The zero-order valence-corrected chi connectivity index (χ0v) is 16.5. The maximum Gasteiger partial charge on any atom is 0.270 e. The van der Waals surface area contributed by atoms with Crippen LogP contribution >= 0.6 is 0 Å². The molecule has 0 saturated heterocycles. The van der Waals surface area contributed by atoms with Crippen molar-refractivity contribution in [3.63, 3.8) is 0 Å². The molecule has 3 rings (SSSR count). The lowest BCUT2D eigenvalue weighted by atomic mass is 9.93. The molecule has 30 heavy (non-hydrogen) atoms. The molecule has 1 amide bonds. The first kappa shape index (κ1) is 21.4. The molecule has 7 nitrogen and oxygen atoms in total. The number of rotatable bonds is 8. The van der Waals surface area contributed by atoms with Crippen LogP contribution in [0.15, 0.2) is 42.5 Å². The number of nitro groups is 1. The summed E-state index contributed by atoms with van der Waals surface area (Å²) in [6.07, 6.45) is 5.46. The molecule has 0 aromatic heterocycles. The summed E-state index contributed by atoms with van der Waals surface area (Å²) in [5.41, 5.74) is 0.606. The fraction of sp³-hybridized carbons (Fsp3) is 0.364. The molecule has 1 aliphatic carbocycles. The average molecular weight is 414 g/mol. The van der Waals surface area contributed by atoms with Crippen LogP contribution in [0.4, 0.5) is 10.1 Å². The van der Waals surface area contributed by atoms with Gasteiger partial charge in [-0.3, -0.25) is 19.7 Å². The molecular weight excluding hydrogens is 391 g/mol. The Balaban J connectivity index is 1.73. The van der Waals surface area contributed by atoms with Crippen LogP contribution in [0, 0.1) is 15.9 Å². The van der Waals surface area contributed by atoms with Gasteiger partial charge in [-0.15, -0.1) is 0 Å². The lowest BCUT2D eigenvalue weighted by molar-refractivity contribution is -0.384. The van der Waals surface area contributed by atoms with E-state index in [1.54, 1.807) is 17.0 Å². The van der Waals surface area contributed by atoms with Gasteiger partial charge in [-0.2, -0.15) is 0 Å². The summed E-state index contributed by atoms with van der Waals surface area (Å²) in [7, 11) is 0. The second-order valence-electron chi connectivity index (χ2n) is 7.33. The zero-order valence-electron chi connectivity index (χ0n) is 16.5. The highest BCUT2D eigenvalue weighted by Gasteiger charge is 2.26. The second kappa shape index (κ2) is 9.96. The number of nitrogens with zero attached hydrogens (tertiary/aromatic N) is 2. The monoisotopic (exact) mass is 414 g/mol. The Bertz CT molecular complexity index is 910. The van der Waals surface area contributed by atoms with Gasteiger partial charge in [-0.25, -0.2) is 4.39 Å². The van der Waals surface area contributed by atoms with Gasteiger partial charge in [0, 0.05) is 24.7 Å². The fourth-order valence-electron chi connectivity index (χ4n) is 3.70. The van der Waals surface area contributed by atoms with Gasteiger partial charge >= 0.3 is 0 Å². The third-order valence-corrected chi connectivity index (χ3v) is 5.28. The van der Waals surface area contributed by atoms with E-state index in [-0.39, 0.29) is 41.4 Å². The summed E-state index contributed by atoms with van der Waals surface area (Å²) in [4.78, 5) is 36.3. The van der Waals surface area contributed by atoms with E-state index in [1.807, 2.05) is 0 Å². The smallest absolute Gasteiger partial charge is 0.270 e. The normalized spacial score (nSPS) is 14.2. The van der Waals surface area contributed by atoms with E-state index in [2.05, 4.69) is 0 Å². The molecule has 0 heterocycles. The zero-order chi connectivity index (χ0) is 21.5. The van der Waals surface area contributed by atoms with E-state index in [4.69, 9.17) is 4.74 Å². The van der Waals surface area contributed by atoms with Gasteiger partial charge in [0.05, 0.1) is 10.5 Å². The Hall–Kier alpha value is -3.29. The number of ether oxygens (including phenoxy) is 1. The van der Waals surface area contributed by atoms with Crippen LogP contribution in [0.5, 0.6) is 5.75 Å². The van der Waals surface area contributed by atoms with Crippen molar-refractivity contribution in [2.75, 3.05) is 6.61 Å². The second-order valence-corrected chi connectivity index (χ2v) is 7.33. The molecule has 0 atom stereocenters. The molecule has 0 bridgehead atoms. The molecule has 2 aromatic rings. The maximum absolute atomic E-state index is 13.2. The minimum Gasteiger partial charge on any atom is -0.483 e. The molecule has 2 aromatic carbocycles. The van der Waals surface area contributed by atoms with Crippen molar-refractivity contribution in [2.24, 2.45) is 0 Å². The van der Waals surface area contributed by atoms with Gasteiger partial charge < -0.3 is 9.64 Å². The molecule has 1 aliphatic rings. The largest absolute Gasteiger partial charge is 0.483 e. The third kappa shape index (κ3) is 5.40. The Labute approximate surface area is 173 Å². The third-order valence-electron chi connectivity index (χ3n) is 5.28. The van der Waals surface area contributed by atoms with Gasteiger partial charge in [-0.1, -0.05) is 31.4 Å². The standard InChI is InChI=1S/C22H23FN2O5/c23-18-8-6-16(7-9-18)13-24(19-4-2-1-3-5-19)22(27)15-30-21-11-10-20(25(28)29)12-17(21)14-26/h6-12,14,19H,1-5,13,15H2. The van der Waals surface area contributed by atoms with Crippen molar-refractivity contribution in [1.82, 2.24) is 4.90 Å². The predicted molar refractivity (Wildman–Crippen MR) is 108 cm³/mol. The first-order valence-electron chi connectivity index (χ1n) is 9.88. The molecule has 8 heteroatoms. The van der Waals surface area contributed by atoms with E-state index in [1.165, 1.54) is 24.3 Å². The van der Waals surface area contributed by atoms with Crippen molar-refractivity contribution in [3.8, 4) is 5.75 Å². The fourth-order valence-corrected chi connectivity index (χ4v) is 3.70. The number of hydrogen-bond donors (Lipinski definition) is 0. The molecule has 0 unspecified atom stereocenters.